The number of carbonyl (C=O) groups is 7. The summed E-state index contributed by atoms with van der Waals surface area (Å²) in [6, 6.07) is -2.50. The van der Waals surface area contributed by atoms with Gasteiger partial charge in [-0.3, -0.25) is 33.3 Å². The summed E-state index contributed by atoms with van der Waals surface area (Å²) in [6.07, 6.45) is 5.12. The molecule has 34 nitrogen and oxygen atoms in total. The van der Waals surface area contributed by atoms with E-state index in [1.54, 1.807) is 6.92 Å². The van der Waals surface area contributed by atoms with Crippen LogP contribution in [-0.2, 0) is 91.4 Å². The molecular weight excluding hydrogens is 1490 g/mol. The molecule has 0 bridgehead atoms. The van der Waals surface area contributed by atoms with Crippen molar-refractivity contribution in [1.82, 2.24) is 21.3 Å². The van der Waals surface area contributed by atoms with Crippen LogP contribution < -0.4 is 115 Å². The van der Waals surface area contributed by atoms with Crippen LogP contribution >= 0.6 is 0 Å². The molecule has 4 rings (SSSR count). The van der Waals surface area contributed by atoms with Gasteiger partial charge in [0.1, 0.15) is 72.5 Å². The van der Waals surface area contributed by atoms with Gasteiger partial charge in [-0.25, -0.2) is 8.42 Å². The van der Waals surface area contributed by atoms with Crippen molar-refractivity contribution < 1.29 is 233 Å². The van der Waals surface area contributed by atoms with Crippen molar-refractivity contribution >= 4 is 57.7 Å². The van der Waals surface area contributed by atoms with E-state index in [9.17, 15) is 79.5 Å². The smallest absolute Gasteiger partial charge is 0.726 e. The van der Waals surface area contributed by atoms with Crippen LogP contribution in [0.3, 0.4) is 0 Å². The first-order valence-corrected chi connectivity index (χ1v) is 39.1. The number of unbranched alkanes of at least 4 members (excludes halogenated alkanes) is 23. The molecule has 4 aliphatic rings. The Labute approximate surface area is 708 Å². The van der Waals surface area contributed by atoms with Gasteiger partial charge in [-0.15, -0.1) is 0 Å². The average molecular weight is 1610 g/mol. The maximum atomic E-state index is 12.5. The molecule has 4 saturated heterocycles. The first-order valence-electron chi connectivity index (χ1n) is 37.7. The van der Waals surface area contributed by atoms with E-state index in [2.05, 4.69) is 28.2 Å². The molecule has 0 spiro atoms. The van der Waals surface area contributed by atoms with E-state index < -0.39 is 145 Å². The monoisotopic (exact) mass is 1610 g/mol. The van der Waals surface area contributed by atoms with Gasteiger partial charge < -0.3 is 121 Å². The zero-order chi connectivity index (χ0) is 79.0. The summed E-state index contributed by atoms with van der Waals surface area (Å²) in [4.78, 5) is 101. The van der Waals surface area contributed by atoms with E-state index in [0.29, 0.717) is 70.2 Å². The maximum Gasteiger partial charge on any atom is 1.00 e. The number of nitrogens with one attached hydrogen (secondary N) is 4. The summed E-state index contributed by atoms with van der Waals surface area (Å²) in [5.41, 5.74) is 0. The minimum atomic E-state index is -4.92. The number of carboxylic acids is 1. The quantitative estimate of drug-likeness (QED) is 0.00884. The average Bonchev–Trinajstić information content (AvgIpc) is 0.784. The van der Waals surface area contributed by atoms with Crippen LogP contribution in [0, 0.1) is 13.5 Å². The van der Waals surface area contributed by atoms with Crippen LogP contribution in [0.1, 0.15) is 245 Å². The first kappa shape index (κ1) is 109. The van der Waals surface area contributed by atoms with E-state index in [-0.39, 0.29) is 132 Å². The zero-order valence-corrected chi connectivity index (χ0v) is 71.7. The summed E-state index contributed by atoms with van der Waals surface area (Å²) in [5, 5.41) is 108. The van der Waals surface area contributed by atoms with Crippen molar-refractivity contribution in [2.24, 2.45) is 0 Å². The first-order chi connectivity index (χ1) is 50.4. The minimum Gasteiger partial charge on any atom is -0.726 e. The fourth-order valence-corrected chi connectivity index (χ4v) is 12.5. The number of carboxylic acid groups (broad SMARTS) is 1. The summed E-state index contributed by atoms with van der Waals surface area (Å²) < 4.78 is 77.7. The molecule has 0 radical (unpaired) electrons. The Morgan fingerprint density at radius 3 is 1.21 bits per heavy atom. The van der Waals surface area contributed by atoms with Gasteiger partial charge in [-0.1, -0.05) is 122 Å². The Morgan fingerprint density at radius 1 is 0.468 bits per heavy atom. The number of carbonyl (C=O) groups excluding carboxylic acids is 9. The van der Waals surface area contributed by atoms with Crippen molar-refractivity contribution in [2.75, 3.05) is 26.3 Å². The largest absolute Gasteiger partial charge is 1.00 e. The molecule has 616 valence electrons. The number of ether oxygens (including phenoxy) is 8. The van der Waals surface area contributed by atoms with Crippen LogP contribution in [0.25, 0.3) is 0 Å². The molecule has 38 heteroatoms. The summed E-state index contributed by atoms with van der Waals surface area (Å²) >= 11 is 0. The van der Waals surface area contributed by atoms with Crippen LogP contribution in [0.4, 0.5) is 0 Å². The fourth-order valence-electron chi connectivity index (χ4n) is 12.5. The predicted molar refractivity (Wildman–Crippen MR) is 371 cm³/mol. The Kier molecular flexibility index (Phi) is 64.6. The molecule has 4 fully saturated rings. The van der Waals surface area contributed by atoms with Gasteiger partial charge in [0.2, 0.25) is 34.0 Å². The molecule has 13 N–H and O–H groups in total. The Morgan fingerprint density at radius 2 is 0.817 bits per heavy atom. The van der Waals surface area contributed by atoms with Crippen LogP contribution in [0.15, 0.2) is 0 Å². The number of aliphatic carboxylic acids is 1. The molecule has 0 aromatic rings. The van der Waals surface area contributed by atoms with Gasteiger partial charge in [-0.2, -0.15) is 16.2 Å². The number of Topliss-reactive ketones (excluding diaryl/α,β-unsaturated/α-hetero) is 2. The van der Waals surface area contributed by atoms with Crippen LogP contribution in [0.5, 0.6) is 0 Å². The van der Waals surface area contributed by atoms with E-state index >= 15 is 0 Å². The van der Waals surface area contributed by atoms with Gasteiger partial charge in [0, 0.05) is 78.7 Å². The Bertz CT molecular complexity index is 2620. The molecule has 4 aliphatic heterocycles. The van der Waals surface area contributed by atoms with Crippen molar-refractivity contribution in [1.29, 1.82) is 0 Å². The molecule has 0 aromatic carbocycles. The maximum absolute atomic E-state index is 12.5. The van der Waals surface area contributed by atoms with Crippen molar-refractivity contribution in [3.8, 4) is 0 Å². The third kappa shape index (κ3) is 48.6. The summed E-state index contributed by atoms with van der Waals surface area (Å²) in [5.74, 6) is -2.13. The second-order valence-electron chi connectivity index (χ2n) is 27.4. The normalized spacial score (nSPS) is 27.2. The van der Waals surface area contributed by atoms with Crippen molar-refractivity contribution in [3.63, 3.8) is 0 Å². The van der Waals surface area contributed by atoms with Crippen molar-refractivity contribution in [2.45, 2.75) is 362 Å². The number of hydrogen-bond donors (Lipinski definition) is 13. The number of aliphatic hydroxyl groups excluding tert-OH is 8. The van der Waals surface area contributed by atoms with E-state index in [1.807, 2.05) is 0 Å². The molecule has 19 unspecified atom stereocenters. The molecule has 109 heavy (non-hydrogen) atoms. The second kappa shape index (κ2) is 64.4. The molecule has 0 aliphatic carbocycles. The topological polar surface area (TPSA) is 538 Å². The number of aliphatic hydroxyl groups is 8. The molecule has 4 heterocycles. The second-order valence-corrected chi connectivity index (χ2v) is 28.2. The number of rotatable bonds is 53. The third-order valence-electron chi connectivity index (χ3n) is 18.4. The van der Waals surface area contributed by atoms with E-state index in [4.69, 9.17) is 65.0 Å². The van der Waals surface area contributed by atoms with Crippen molar-refractivity contribution in [3.05, 3.63) is 13.5 Å². The molecule has 4 amide bonds. The molecule has 0 saturated carbocycles. The van der Waals surface area contributed by atoms with Gasteiger partial charge >= 0.3 is 94.8 Å². The predicted octanol–water partition coefficient (Wildman–Crippen LogP) is -7.56. The number of ketones is 2. The number of amides is 4. The van der Waals surface area contributed by atoms with Crippen LogP contribution in [-0.4, -0.2) is 249 Å². The van der Waals surface area contributed by atoms with Gasteiger partial charge in [0.05, 0.1) is 24.3 Å². The fraction of sp³-hybridized carbons (Fsp3) is 0.859. The SMILES string of the molecule is O=C=O.O=S(=O)([O-])O.[CH2-]C1OC(OC2[CH-]OC(OCCCCCCNC(=O)CCCCCCCNC(=O)CCCCCCCCCCC(=O)CCCCCCCCC(=O)CCCCCCCOC3OC(C(=O)[O-])C(OC4OC(CC)C(O)C(O)C4NC(C)=O)C(O)C3O)C(O)C2O)C(NC(C)=O)C(O)C1O.[Na+].[Na+].[Na+]. The van der Waals surface area contributed by atoms with Gasteiger partial charge in [0.25, 0.3) is 0 Å². The van der Waals surface area contributed by atoms with E-state index in [0.717, 1.165) is 174 Å². The number of hydrogen-bond acceptors (Lipinski definition) is 29. The molecule has 19 atom stereocenters. The minimum absolute atomic E-state index is 0. The van der Waals surface area contributed by atoms with Gasteiger partial charge in [0.15, 0.2) is 25.2 Å². The standard InChI is InChI=1S/C70H122N4O24.CO2.3Na.H2O4S/c1-5-50-57(82)60(85)55(74-47(4)76)68(95-50)97-64-61(86)63(88)70(98-65(64)66(89)90)92-43-32-22-13-17-27-37-49(78)36-26-16-11-10-15-25-35-48(77)34-24-14-8-6-7-9-18-28-38-52(79)71-40-30-20-12-19-29-39-53(80)72-41-31-21-23-33-42-91-69-62(87)58(83)51(44-93-69)96-67-54(73-46(3)75)59(84)56(81)45(2)94-67;2-1-3;;;;1-5(2,3)4/h44-45,50-51,54-65,67-70,81-88H,2,5-43H2,1,3-4H3,(H,71,79)(H,72,80)(H,73,75)(H,74,76)(H,89,90);;;;;(H2,1,2,3,4)/q-2;;3*+1;/p-2. The zero-order valence-electron chi connectivity index (χ0n) is 64.8. The Hall–Kier alpha value is -1.70. The van der Waals surface area contributed by atoms with E-state index in [1.165, 1.54) is 13.8 Å². The molecule has 0 aromatic heterocycles. The Balaban J connectivity index is 0. The van der Waals surface area contributed by atoms with Gasteiger partial charge in [-0.05, 0) is 82.8 Å². The summed E-state index contributed by atoms with van der Waals surface area (Å²) in [6.45, 7) is 10.4. The molecular formula is C71H122N4Na3O30S-. The van der Waals surface area contributed by atoms with Crippen LogP contribution in [0.2, 0.25) is 0 Å². The third-order valence-corrected chi connectivity index (χ3v) is 18.4. The summed E-state index contributed by atoms with van der Waals surface area (Å²) in [7, 11) is -4.92.